The molecule has 5 nitrogen and oxygen atoms in total. The summed E-state index contributed by atoms with van der Waals surface area (Å²) in [6.07, 6.45) is 1.57. The molecule has 0 aliphatic carbocycles. The van der Waals surface area contributed by atoms with E-state index in [9.17, 15) is 9.59 Å². The molecule has 22 heavy (non-hydrogen) atoms. The molecule has 0 saturated carbocycles. The fourth-order valence-corrected chi connectivity index (χ4v) is 2.35. The summed E-state index contributed by atoms with van der Waals surface area (Å²) in [5, 5.41) is 5.97. The van der Waals surface area contributed by atoms with Gasteiger partial charge in [0.2, 0.25) is 5.91 Å². The van der Waals surface area contributed by atoms with E-state index in [1.807, 2.05) is 37.1 Å². The van der Waals surface area contributed by atoms with Gasteiger partial charge in [-0.1, -0.05) is 12.1 Å². The highest BCUT2D eigenvalue weighted by Gasteiger charge is 2.20. The van der Waals surface area contributed by atoms with E-state index in [1.165, 1.54) is 0 Å². The topological polar surface area (TPSA) is 61.4 Å². The lowest BCUT2D eigenvalue weighted by molar-refractivity contribution is -0.128. The maximum Gasteiger partial charge on any atom is 0.251 e. The van der Waals surface area contributed by atoms with E-state index < -0.39 is 0 Å². The number of likely N-dealkylation sites (tertiary alicyclic amines) is 1. The number of rotatable bonds is 6. The van der Waals surface area contributed by atoms with Crippen LogP contribution in [0.1, 0.15) is 35.7 Å². The third kappa shape index (κ3) is 5.00. The first-order chi connectivity index (χ1) is 10.1. The van der Waals surface area contributed by atoms with Gasteiger partial charge in [-0.15, -0.1) is 12.4 Å². The van der Waals surface area contributed by atoms with Crippen molar-refractivity contribution in [1.29, 1.82) is 0 Å². The summed E-state index contributed by atoms with van der Waals surface area (Å²) in [4.78, 5) is 25.6. The van der Waals surface area contributed by atoms with E-state index in [0.717, 1.165) is 18.5 Å². The highest BCUT2D eigenvalue weighted by Crippen LogP contribution is 2.15. The van der Waals surface area contributed by atoms with Crippen molar-refractivity contribution in [2.75, 3.05) is 20.1 Å². The Morgan fingerprint density at radius 1 is 1.41 bits per heavy atom. The van der Waals surface area contributed by atoms with E-state index in [0.29, 0.717) is 25.1 Å². The van der Waals surface area contributed by atoms with Gasteiger partial charge in [-0.3, -0.25) is 9.59 Å². The molecule has 1 aromatic carbocycles. The summed E-state index contributed by atoms with van der Waals surface area (Å²) < 4.78 is 0. The standard InChI is InChI=1S/C16H23N3O2.ClH/c1-12(17-2)10-18-16(21)14-6-3-5-13(9-14)11-19-8-4-7-15(19)20;/h3,5-6,9,12,17H,4,7-8,10-11H2,1-2H3,(H,18,21);1H. The van der Waals surface area contributed by atoms with Gasteiger partial charge in [-0.2, -0.15) is 0 Å². The van der Waals surface area contributed by atoms with Crippen LogP contribution in [0.2, 0.25) is 0 Å². The van der Waals surface area contributed by atoms with Crippen LogP contribution in [0, 0.1) is 0 Å². The predicted molar refractivity (Wildman–Crippen MR) is 89.2 cm³/mol. The summed E-state index contributed by atoms with van der Waals surface area (Å²) in [6, 6.07) is 7.73. The van der Waals surface area contributed by atoms with Gasteiger partial charge < -0.3 is 15.5 Å². The van der Waals surface area contributed by atoms with Gasteiger partial charge >= 0.3 is 0 Å². The minimum atomic E-state index is -0.0771. The minimum absolute atomic E-state index is 0. The molecule has 2 amide bonds. The summed E-state index contributed by atoms with van der Waals surface area (Å²) >= 11 is 0. The van der Waals surface area contributed by atoms with Crippen LogP contribution in [0.15, 0.2) is 24.3 Å². The summed E-state index contributed by atoms with van der Waals surface area (Å²) in [6.45, 7) is 4.00. The van der Waals surface area contributed by atoms with Gasteiger partial charge in [0, 0.05) is 37.7 Å². The molecule has 1 saturated heterocycles. The highest BCUT2D eigenvalue weighted by atomic mass is 35.5. The Morgan fingerprint density at radius 3 is 2.82 bits per heavy atom. The van der Waals surface area contributed by atoms with Crippen molar-refractivity contribution in [2.45, 2.75) is 32.4 Å². The number of hydrogen-bond donors (Lipinski definition) is 2. The van der Waals surface area contributed by atoms with Crippen LogP contribution in [0.4, 0.5) is 0 Å². The van der Waals surface area contributed by atoms with Crippen LogP contribution >= 0.6 is 12.4 Å². The molecule has 1 heterocycles. The van der Waals surface area contributed by atoms with Gasteiger partial charge in [0.05, 0.1) is 0 Å². The Hall–Kier alpha value is -1.59. The van der Waals surface area contributed by atoms with Gasteiger partial charge in [0.25, 0.3) is 5.91 Å². The average Bonchev–Trinajstić information content (AvgIpc) is 2.90. The first-order valence-corrected chi connectivity index (χ1v) is 7.42. The van der Waals surface area contributed by atoms with E-state index in [2.05, 4.69) is 10.6 Å². The molecule has 2 N–H and O–H groups in total. The molecule has 1 atom stereocenters. The number of nitrogens with zero attached hydrogens (tertiary/aromatic N) is 1. The van der Waals surface area contributed by atoms with Crippen LogP contribution in [0.25, 0.3) is 0 Å². The average molecular weight is 326 g/mol. The largest absolute Gasteiger partial charge is 0.350 e. The number of likely N-dealkylation sites (N-methyl/N-ethyl adjacent to an activating group) is 1. The molecule has 2 rings (SSSR count). The Bertz CT molecular complexity index is 522. The lowest BCUT2D eigenvalue weighted by Gasteiger charge is -2.16. The molecule has 1 aliphatic heterocycles. The number of hydrogen-bond acceptors (Lipinski definition) is 3. The van der Waals surface area contributed by atoms with Gasteiger partial charge in [-0.25, -0.2) is 0 Å². The van der Waals surface area contributed by atoms with Crippen molar-refractivity contribution in [3.05, 3.63) is 35.4 Å². The fourth-order valence-electron chi connectivity index (χ4n) is 2.35. The van der Waals surface area contributed by atoms with Crippen LogP contribution in [-0.4, -0.2) is 42.9 Å². The maximum atomic E-state index is 12.1. The van der Waals surface area contributed by atoms with Crippen LogP contribution in [0.3, 0.4) is 0 Å². The zero-order valence-electron chi connectivity index (χ0n) is 13.1. The van der Waals surface area contributed by atoms with E-state index in [4.69, 9.17) is 0 Å². The molecule has 0 bridgehead atoms. The molecule has 6 heteroatoms. The molecule has 0 aromatic heterocycles. The first-order valence-electron chi connectivity index (χ1n) is 7.42. The van der Waals surface area contributed by atoms with Crippen LogP contribution in [-0.2, 0) is 11.3 Å². The SMILES string of the molecule is CNC(C)CNC(=O)c1cccc(CN2CCCC2=O)c1.Cl. The summed E-state index contributed by atoms with van der Waals surface area (Å²) in [7, 11) is 1.87. The van der Waals surface area contributed by atoms with E-state index >= 15 is 0 Å². The molecule has 1 fully saturated rings. The van der Waals surface area contributed by atoms with Crippen molar-refractivity contribution >= 4 is 24.2 Å². The molecule has 1 unspecified atom stereocenters. The zero-order chi connectivity index (χ0) is 15.2. The third-order valence-corrected chi connectivity index (χ3v) is 3.80. The third-order valence-electron chi connectivity index (χ3n) is 3.80. The smallest absolute Gasteiger partial charge is 0.251 e. The van der Waals surface area contributed by atoms with Crippen molar-refractivity contribution in [3.8, 4) is 0 Å². The van der Waals surface area contributed by atoms with E-state index in [1.54, 1.807) is 6.07 Å². The number of carbonyl (C=O) groups excluding carboxylic acids is 2. The van der Waals surface area contributed by atoms with E-state index in [-0.39, 0.29) is 30.3 Å². The van der Waals surface area contributed by atoms with Gasteiger partial charge in [-0.05, 0) is 38.1 Å². The number of halogens is 1. The lowest BCUT2D eigenvalue weighted by atomic mass is 10.1. The van der Waals surface area contributed by atoms with Gasteiger partial charge in [0.15, 0.2) is 0 Å². The minimum Gasteiger partial charge on any atom is -0.350 e. The second kappa shape index (κ2) is 8.76. The lowest BCUT2D eigenvalue weighted by Crippen LogP contribution is -2.37. The van der Waals surface area contributed by atoms with Crippen molar-refractivity contribution in [1.82, 2.24) is 15.5 Å². The zero-order valence-corrected chi connectivity index (χ0v) is 13.9. The second-order valence-corrected chi connectivity index (χ2v) is 5.52. The summed E-state index contributed by atoms with van der Waals surface area (Å²) in [5.41, 5.74) is 1.64. The Morgan fingerprint density at radius 2 is 2.18 bits per heavy atom. The number of amides is 2. The molecule has 0 spiro atoms. The monoisotopic (exact) mass is 325 g/mol. The molecular formula is C16H24ClN3O2. The predicted octanol–water partition coefficient (Wildman–Crippen LogP) is 1.57. The number of nitrogens with one attached hydrogen (secondary N) is 2. The molecule has 0 radical (unpaired) electrons. The molecule has 1 aromatic rings. The first kappa shape index (κ1) is 18.5. The van der Waals surface area contributed by atoms with Crippen LogP contribution in [0.5, 0.6) is 0 Å². The van der Waals surface area contributed by atoms with Crippen molar-refractivity contribution < 1.29 is 9.59 Å². The molecule has 122 valence electrons. The Balaban J connectivity index is 0.00000242. The molecule has 1 aliphatic rings. The number of benzene rings is 1. The summed E-state index contributed by atoms with van der Waals surface area (Å²) in [5.74, 6) is 0.124. The fraction of sp³-hybridized carbons (Fsp3) is 0.500. The Kier molecular flexibility index (Phi) is 7.35. The second-order valence-electron chi connectivity index (χ2n) is 5.52. The van der Waals surface area contributed by atoms with Crippen molar-refractivity contribution in [3.63, 3.8) is 0 Å². The van der Waals surface area contributed by atoms with Gasteiger partial charge in [0.1, 0.15) is 0 Å². The quantitative estimate of drug-likeness (QED) is 0.834. The normalized spacial score (nSPS) is 15.4. The molecular weight excluding hydrogens is 302 g/mol. The maximum absolute atomic E-state index is 12.1. The highest BCUT2D eigenvalue weighted by molar-refractivity contribution is 5.94. The van der Waals surface area contributed by atoms with Crippen LogP contribution < -0.4 is 10.6 Å². The number of carbonyl (C=O) groups is 2. The Labute approximate surface area is 137 Å². The van der Waals surface area contributed by atoms with Crippen molar-refractivity contribution in [2.24, 2.45) is 0 Å².